The molecule has 0 aliphatic rings. The summed E-state index contributed by atoms with van der Waals surface area (Å²) in [6.45, 7) is 6.70. The maximum atomic E-state index is 4.47. The third kappa shape index (κ3) is 2.20. The second kappa shape index (κ2) is 4.75. The Morgan fingerprint density at radius 2 is 1.50 bits per heavy atom. The molecule has 0 unspecified atom stereocenters. The van der Waals surface area contributed by atoms with E-state index in [2.05, 4.69) is 68.2 Å². The molecule has 3 aromatic rings. The summed E-state index contributed by atoms with van der Waals surface area (Å²) in [4.78, 5) is 4.47. The predicted octanol–water partition coefficient (Wildman–Crippen LogP) is 5.20. The van der Waals surface area contributed by atoms with Crippen molar-refractivity contribution in [3.8, 4) is 11.1 Å². The summed E-state index contributed by atoms with van der Waals surface area (Å²) in [5.41, 5.74) is 3.89. The van der Waals surface area contributed by atoms with E-state index in [1.54, 1.807) is 0 Å². The monoisotopic (exact) mass is 261 g/mol. The average Bonchev–Trinajstić information content (AvgIpc) is 2.46. The maximum Gasteiger partial charge on any atom is 0.0352 e. The fourth-order valence-electron chi connectivity index (χ4n) is 2.66. The molecule has 0 aliphatic heterocycles. The van der Waals surface area contributed by atoms with E-state index in [4.69, 9.17) is 0 Å². The lowest BCUT2D eigenvalue weighted by Gasteiger charge is -2.21. The predicted molar refractivity (Wildman–Crippen MR) is 85.9 cm³/mol. The molecular weight excluding hydrogens is 242 g/mol. The number of rotatable bonds is 1. The Bertz CT molecular complexity index is 737. The molecule has 0 saturated carbocycles. The molecule has 100 valence electrons. The number of fused-ring (bicyclic) bond motifs is 1. The summed E-state index contributed by atoms with van der Waals surface area (Å²) in [6, 6.07) is 17.0. The standard InChI is InChI=1S/C19H19N/c1-19(2,3)18-13-20-12-17-15(10-7-11-16(17)18)14-8-5-4-6-9-14/h4-13H,1-3H3. The lowest BCUT2D eigenvalue weighted by Crippen LogP contribution is -2.12. The summed E-state index contributed by atoms with van der Waals surface area (Å²) >= 11 is 0. The van der Waals surface area contributed by atoms with Crippen LogP contribution in [0, 0.1) is 0 Å². The van der Waals surface area contributed by atoms with Crippen LogP contribution in [0.3, 0.4) is 0 Å². The zero-order chi connectivity index (χ0) is 14.2. The van der Waals surface area contributed by atoms with E-state index in [0.717, 1.165) is 0 Å². The van der Waals surface area contributed by atoms with E-state index in [1.807, 2.05) is 18.5 Å². The fourth-order valence-corrected chi connectivity index (χ4v) is 2.66. The number of hydrogen-bond donors (Lipinski definition) is 0. The molecule has 0 atom stereocenters. The highest BCUT2D eigenvalue weighted by Gasteiger charge is 2.18. The largest absolute Gasteiger partial charge is 0.264 e. The maximum absolute atomic E-state index is 4.47. The van der Waals surface area contributed by atoms with Gasteiger partial charge in [-0.2, -0.15) is 0 Å². The van der Waals surface area contributed by atoms with Crippen LogP contribution in [0.2, 0.25) is 0 Å². The molecule has 0 N–H and O–H groups in total. The van der Waals surface area contributed by atoms with E-state index < -0.39 is 0 Å². The Hall–Kier alpha value is -2.15. The highest BCUT2D eigenvalue weighted by atomic mass is 14.6. The van der Waals surface area contributed by atoms with Gasteiger partial charge in [-0.05, 0) is 27.5 Å². The number of nitrogens with zero attached hydrogens (tertiary/aromatic N) is 1. The van der Waals surface area contributed by atoms with Crippen LogP contribution >= 0.6 is 0 Å². The molecule has 0 radical (unpaired) electrons. The van der Waals surface area contributed by atoms with Gasteiger partial charge in [-0.3, -0.25) is 4.98 Å². The van der Waals surface area contributed by atoms with Crippen LogP contribution < -0.4 is 0 Å². The highest BCUT2D eigenvalue weighted by Crippen LogP contribution is 2.34. The third-order valence-corrected chi connectivity index (χ3v) is 3.70. The van der Waals surface area contributed by atoms with Gasteiger partial charge in [-0.25, -0.2) is 0 Å². The molecule has 1 heteroatoms. The zero-order valence-electron chi connectivity index (χ0n) is 12.2. The molecule has 20 heavy (non-hydrogen) atoms. The van der Waals surface area contributed by atoms with Crippen molar-refractivity contribution in [1.82, 2.24) is 4.98 Å². The molecule has 1 aromatic heterocycles. The van der Waals surface area contributed by atoms with Gasteiger partial charge in [-0.1, -0.05) is 69.3 Å². The van der Waals surface area contributed by atoms with Crippen molar-refractivity contribution in [2.45, 2.75) is 26.2 Å². The van der Waals surface area contributed by atoms with Crippen molar-refractivity contribution in [3.63, 3.8) is 0 Å². The summed E-state index contributed by atoms with van der Waals surface area (Å²) in [7, 11) is 0. The Balaban J connectivity index is 2.32. The first-order valence-electron chi connectivity index (χ1n) is 7.00. The summed E-state index contributed by atoms with van der Waals surface area (Å²) in [5.74, 6) is 0. The Morgan fingerprint density at radius 1 is 0.750 bits per heavy atom. The van der Waals surface area contributed by atoms with Gasteiger partial charge < -0.3 is 0 Å². The minimum absolute atomic E-state index is 0.0990. The van der Waals surface area contributed by atoms with E-state index in [9.17, 15) is 0 Å². The molecule has 0 aliphatic carbocycles. The van der Waals surface area contributed by atoms with Crippen molar-refractivity contribution in [2.75, 3.05) is 0 Å². The van der Waals surface area contributed by atoms with Crippen molar-refractivity contribution in [1.29, 1.82) is 0 Å². The van der Waals surface area contributed by atoms with Gasteiger partial charge in [0, 0.05) is 17.8 Å². The molecule has 0 spiro atoms. The van der Waals surface area contributed by atoms with Crippen LogP contribution in [-0.2, 0) is 5.41 Å². The Kier molecular flexibility index (Phi) is 3.06. The number of benzene rings is 2. The Labute approximate surface area is 120 Å². The lowest BCUT2D eigenvalue weighted by molar-refractivity contribution is 0.593. The number of pyridine rings is 1. The first kappa shape index (κ1) is 12.9. The van der Waals surface area contributed by atoms with Gasteiger partial charge in [0.2, 0.25) is 0 Å². The van der Waals surface area contributed by atoms with Crippen LogP contribution in [0.5, 0.6) is 0 Å². The molecule has 2 aromatic carbocycles. The van der Waals surface area contributed by atoms with Crippen LogP contribution in [0.4, 0.5) is 0 Å². The third-order valence-electron chi connectivity index (χ3n) is 3.70. The molecular formula is C19H19N. The molecule has 0 fully saturated rings. The summed E-state index contributed by atoms with van der Waals surface area (Å²) < 4.78 is 0. The van der Waals surface area contributed by atoms with Crippen LogP contribution in [0.1, 0.15) is 26.3 Å². The smallest absolute Gasteiger partial charge is 0.0352 e. The van der Waals surface area contributed by atoms with E-state index in [1.165, 1.54) is 27.5 Å². The molecule has 0 bridgehead atoms. The van der Waals surface area contributed by atoms with Crippen molar-refractivity contribution >= 4 is 10.8 Å². The quantitative estimate of drug-likeness (QED) is 0.586. The molecule has 0 amide bonds. The van der Waals surface area contributed by atoms with Crippen molar-refractivity contribution in [3.05, 3.63) is 66.5 Å². The minimum atomic E-state index is 0.0990. The minimum Gasteiger partial charge on any atom is -0.264 e. The van der Waals surface area contributed by atoms with Crippen LogP contribution in [-0.4, -0.2) is 4.98 Å². The fraction of sp³-hybridized carbons (Fsp3) is 0.211. The molecule has 1 nitrogen and oxygen atoms in total. The molecule has 3 rings (SSSR count). The average molecular weight is 261 g/mol. The molecule has 1 heterocycles. The van der Waals surface area contributed by atoms with Gasteiger partial charge >= 0.3 is 0 Å². The van der Waals surface area contributed by atoms with Gasteiger partial charge in [0.15, 0.2) is 0 Å². The van der Waals surface area contributed by atoms with Crippen LogP contribution in [0.25, 0.3) is 21.9 Å². The number of hydrogen-bond acceptors (Lipinski definition) is 1. The first-order chi connectivity index (χ1) is 9.57. The van der Waals surface area contributed by atoms with Gasteiger partial charge in [0.1, 0.15) is 0 Å². The Morgan fingerprint density at radius 3 is 2.20 bits per heavy atom. The highest BCUT2D eigenvalue weighted by molar-refractivity contribution is 5.98. The van der Waals surface area contributed by atoms with Crippen LogP contribution in [0.15, 0.2) is 60.9 Å². The summed E-state index contributed by atoms with van der Waals surface area (Å²) in [5, 5.41) is 2.53. The SMILES string of the molecule is CC(C)(C)c1cncc2c(-c3ccccc3)cccc12. The van der Waals surface area contributed by atoms with Gasteiger partial charge in [0.05, 0.1) is 0 Å². The first-order valence-corrected chi connectivity index (χ1v) is 7.00. The second-order valence-electron chi connectivity index (χ2n) is 6.20. The van der Waals surface area contributed by atoms with Crippen molar-refractivity contribution in [2.24, 2.45) is 0 Å². The zero-order valence-corrected chi connectivity index (χ0v) is 12.2. The normalized spacial score (nSPS) is 11.8. The molecule has 0 saturated heterocycles. The number of aromatic nitrogens is 1. The van der Waals surface area contributed by atoms with E-state index in [-0.39, 0.29) is 5.41 Å². The van der Waals surface area contributed by atoms with E-state index >= 15 is 0 Å². The summed E-state index contributed by atoms with van der Waals surface area (Å²) in [6.07, 6.45) is 3.98. The van der Waals surface area contributed by atoms with Crippen molar-refractivity contribution < 1.29 is 0 Å². The topological polar surface area (TPSA) is 12.9 Å². The van der Waals surface area contributed by atoms with Gasteiger partial charge in [-0.15, -0.1) is 0 Å². The second-order valence-corrected chi connectivity index (χ2v) is 6.20. The van der Waals surface area contributed by atoms with E-state index in [0.29, 0.717) is 0 Å². The van der Waals surface area contributed by atoms with Gasteiger partial charge in [0.25, 0.3) is 0 Å². The lowest BCUT2D eigenvalue weighted by atomic mass is 9.84.